The zero-order valence-corrected chi connectivity index (χ0v) is 10.5. The molecule has 1 aliphatic carbocycles. The van der Waals surface area contributed by atoms with E-state index in [-0.39, 0.29) is 0 Å². The molecule has 3 heteroatoms. The predicted molar refractivity (Wildman–Crippen MR) is 65.7 cm³/mol. The molecule has 1 saturated carbocycles. The van der Waals surface area contributed by atoms with Gasteiger partial charge in [0.25, 0.3) is 0 Å². The number of hydrogen-bond donors (Lipinski definition) is 0. The maximum Gasteiger partial charge on any atom is 0.133 e. The van der Waals surface area contributed by atoms with Gasteiger partial charge in [0.15, 0.2) is 0 Å². The lowest BCUT2D eigenvalue weighted by Crippen LogP contribution is -2.21. The number of hydrogen-bond acceptors (Lipinski definition) is 3. The van der Waals surface area contributed by atoms with Crippen LogP contribution in [0.15, 0.2) is 12.1 Å². The Morgan fingerprint density at radius 1 is 1.31 bits per heavy atom. The number of carbonyl (C=O) groups is 1. The number of ketones is 1. The summed E-state index contributed by atoms with van der Waals surface area (Å²) in [4.78, 5) is 13.8. The van der Waals surface area contributed by atoms with E-state index >= 15 is 0 Å². The fraction of sp³-hybridized carbons (Fsp3) is 0.615. The molecular formula is C13H18O2S. The van der Waals surface area contributed by atoms with Crippen molar-refractivity contribution >= 4 is 17.1 Å². The average Bonchev–Trinajstić information content (AvgIpc) is 2.76. The second-order valence-electron chi connectivity index (χ2n) is 4.27. The van der Waals surface area contributed by atoms with Crippen molar-refractivity contribution in [3.8, 4) is 0 Å². The first kappa shape index (κ1) is 11.8. The molecule has 1 aromatic heterocycles. The van der Waals surface area contributed by atoms with Crippen molar-refractivity contribution in [2.24, 2.45) is 0 Å². The van der Waals surface area contributed by atoms with Crippen LogP contribution in [0, 0.1) is 0 Å². The number of thiophene rings is 1. The maximum atomic E-state index is 11.1. The Labute approximate surface area is 101 Å². The third kappa shape index (κ3) is 3.16. The highest BCUT2D eigenvalue weighted by Crippen LogP contribution is 2.22. The smallest absolute Gasteiger partial charge is 0.133 e. The summed E-state index contributed by atoms with van der Waals surface area (Å²) in [6.45, 7) is 2.88. The maximum absolute atomic E-state index is 11.1. The van der Waals surface area contributed by atoms with E-state index in [4.69, 9.17) is 4.74 Å². The Morgan fingerprint density at radius 2 is 2.00 bits per heavy atom. The fourth-order valence-corrected chi connectivity index (χ4v) is 2.85. The highest BCUT2D eigenvalue weighted by Gasteiger charge is 2.19. The molecule has 0 amide bonds. The summed E-state index contributed by atoms with van der Waals surface area (Å²) < 4.78 is 5.83. The van der Waals surface area contributed by atoms with E-state index in [9.17, 15) is 4.79 Å². The first-order chi connectivity index (χ1) is 7.78. The lowest BCUT2D eigenvalue weighted by atomic mass is 9.96. The zero-order chi connectivity index (χ0) is 11.4. The summed E-state index contributed by atoms with van der Waals surface area (Å²) in [5.74, 6) is 0.393. The molecule has 1 aliphatic rings. The van der Waals surface area contributed by atoms with Gasteiger partial charge in [-0.1, -0.05) is 6.92 Å². The molecule has 2 rings (SSSR count). The van der Waals surface area contributed by atoms with Gasteiger partial charge in [0.1, 0.15) is 5.78 Å². The number of Topliss-reactive ketones (excluding diaryl/α,β-unsaturated/α-hetero) is 1. The Kier molecular flexibility index (Phi) is 4.13. The van der Waals surface area contributed by atoms with Gasteiger partial charge in [0.05, 0.1) is 12.7 Å². The third-order valence-electron chi connectivity index (χ3n) is 3.02. The Balaban J connectivity index is 1.76. The summed E-state index contributed by atoms with van der Waals surface area (Å²) in [5, 5.41) is 0. The molecule has 1 fully saturated rings. The van der Waals surface area contributed by atoms with E-state index in [1.165, 1.54) is 9.75 Å². The van der Waals surface area contributed by atoms with Gasteiger partial charge in [-0.2, -0.15) is 0 Å². The molecule has 0 spiro atoms. The number of ether oxygens (including phenoxy) is 1. The van der Waals surface area contributed by atoms with Gasteiger partial charge in [0.2, 0.25) is 0 Å². The van der Waals surface area contributed by atoms with Gasteiger partial charge in [0, 0.05) is 22.6 Å². The molecule has 0 unspecified atom stereocenters. The molecule has 0 aromatic carbocycles. The Hall–Kier alpha value is -0.670. The average molecular weight is 238 g/mol. The Bertz CT molecular complexity index is 347. The van der Waals surface area contributed by atoms with Gasteiger partial charge >= 0.3 is 0 Å². The van der Waals surface area contributed by atoms with Crippen molar-refractivity contribution in [2.45, 2.75) is 51.7 Å². The van der Waals surface area contributed by atoms with Crippen LogP contribution < -0.4 is 0 Å². The van der Waals surface area contributed by atoms with Crippen LogP contribution in [0.3, 0.4) is 0 Å². The molecule has 0 aliphatic heterocycles. The van der Waals surface area contributed by atoms with Crippen LogP contribution in [0.1, 0.15) is 42.4 Å². The first-order valence-corrected chi connectivity index (χ1v) is 6.80. The SMILES string of the molecule is CCc1ccc(COC2CCC(=O)CC2)s1. The molecule has 0 radical (unpaired) electrons. The molecule has 2 nitrogen and oxygen atoms in total. The van der Waals surface area contributed by atoms with Gasteiger partial charge in [-0.25, -0.2) is 0 Å². The molecule has 88 valence electrons. The van der Waals surface area contributed by atoms with Gasteiger partial charge in [-0.05, 0) is 31.4 Å². The van der Waals surface area contributed by atoms with E-state index in [1.54, 1.807) is 0 Å². The van der Waals surface area contributed by atoms with Crippen LogP contribution in [0.2, 0.25) is 0 Å². The highest BCUT2D eigenvalue weighted by atomic mass is 32.1. The van der Waals surface area contributed by atoms with Crippen molar-refractivity contribution < 1.29 is 9.53 Å². The van der Waals surface area contributed by atoms with Crippen molar-refractivity contribution in [3.05, 3.63) is 21.9 Å². The summed E-state index contributed by atoms with van der Waals surface area (Å²) in [5.41, 5.74) is 0. The van der Waals surface area contributed by atoms with Crippen LogP contribution in [-0.4, -0.2) is 11.9 Å². The van der Waals surface area contributed by atoms with Gasteiger partial charge in [-0.15, -0.1) is 11.3 Å². The van der Waals surface area contributed by atoms with E-state index in [0.717, 1.165) is 19.3 Å². The third-order valence-corrected chi connectivity index (χ3v) is 4.22. The zero-order valence-electron chi connectivity index (χ0n) is 9.70. The summed E-state index contributed by atoms with van der Waals surface area (Å²) in [6.07, 6.45) is 4.62. The minimum Gasteiger partial charge on any atom is -0.373 e. The molecule has 0 saturated heterocycles. The summed E-state index contributed by atoms with van der Waals surface area (Å²) in [7, 11) is 0. The normalized spacial score (nSPS) is 17.9. The lowest BCUT2D eigenvalue weighted by molar-refractivity contribution is -0.123. The quantitative estimate of drug-likeness (QED) is 0.804. The predicted octanol–water partition coefficient (Wildman–Crippen LogP) is 3.34. The molecule has 1 aromatic rings. The largest absolute Gasteiger partial charge is 0.373 e. The monoisotopic (exact) mass is 238 g/mol. The second kappa shape index (κ2) is 5.60. The highest BCUT2D eigenvalue weighted by molar-refractivity contribution is 7.11. The molecule has 16 heavy (non-hydrogen) atoms. The van der Waals surface area contributed by atoms with Crippen molar-refractivity contribution in [1.29, 1.82) is 0 Å². The summed E-state index contributed by atoms with van der Waals surface area (Å²) >= 11 is 1.83. The standard InChI is InChI=1S/C13H18O2S/c1-2-12-7-8-13(16-12)9-15-11-5-3-10(14)4-6-11/h7-8,11H,2-6,9H2,1H3. The first-order valence-electron chi connectivity index (χ1n) is 5.99. The van der Waals surface area contributed by atoms with E-state index in [1.807, 2.05) is 11.3 Å². The topological polar surface area (TPSA) is 26.3 Å². The van der Waals surface area contributed by atoms with Gasteiger partial charge < -0.3 is 4.74 Å². The van der Waals surface area contributed by atoms with Gasteiger partial charge in [-0.3, -0.25) is 4.79 Å². The lowest BCUT2D eigenvalue weighted by Gasteiger charge is -2.20. The Morgan fingerprint density at radius 3 is 2.62 bits per heavy atom. The molecule has 0 bridgehead atoms. The fourth-order valence-electron chi connectivity index (χ4n) is 1.97. The number of aryl methyl sites for hydroxylation is 1. The van der Waals surface area contributed by atoms with Crippen LogP contribution in [-0.2, 0) is 22.6 Å². The van der Waals surface area contributed by atoms with E-state index < -0.39 is 0 Å². The van der Waals surface area contributed by atoms with Crippen molar-refractivity contribution in [3.63, 3.8) is 0 Å². The van der Waals surface area contributed by atoms with Crippen LogP contribution in [0.25, 0.3) is 0 Å². The minimum atomic E-state index is 0.296. The van der Waals surface area contributed by atoms with Crippen LogP contribution in [0.4, 0.5) is 0 Å². The number of carbonyl (C=O) groups excluding carboxylic acids is 1. The molecular weight excluding hydrogens is 220 g/mol. The van der Waals surface area contributed by atoms with Crippen molar-refractivity contribution in [1.82, 2.24) is 0 Å². The van der Waals surface area contributed by atoms with Crippen molar-refractivity contribution in [2.75, 3.05) is 0 Å². The molecule has 1 heterocycles. The molecule has 0 atom stereocenters. The van der Waals surface area contributed by atoms with Crippen LogP contribution >= 0.6 is 11.3 Å². The second-order valence-corrected chi connectivity index (χ2v) is 5.52. The molecule has 0 N–H and O–H groups in total. The minimum absolute atomic E-state index is 0.296. The van der Waals surface area contributed by atoms with E-state index in [0.29, 0.717) is 31.3 Å². The van der Waals surface area contributed by atoms with E-state index in [2.05, 4.69) is 19.1 Å². The van der Waals surface area contributed by atoms with Crippen LogP contribution in [0.5, 0.6) is 0 Å². The number of rotatable bonds is 4. The summed E-state index contributed by atoms with van der Waals surface area (Å²) in [6, 6.07) is 4.32.